The summed E-state index contributed by atoms with van der Waals surface area (Å²) in [5, 5.41) is 8.27. The predicted molar refractivity (Wildman–Crippen MR) is 102 cm³/mol. The second kappa shape index (κ2) is 7.98. The van der Waals surface area contributed by atoms with Gasteiger partial charge in [-0.25, -0.2) is 9.07 Å². The number of piperidine rings is 1. The van der Waals surface area contributed by atoms with E-state index in [0.29, 0.717) is 36.6 Å². The first-order valence-corrected chi connectivity index (χ1v) is 9.36. The molecule has 1 aromatic heterocycles. The summed E-state index contributed by atoms with van der Waals surface area (Å²) in [6, 6.07) is 11.5. The van der Waals surface area contributed by atoms with E-state index in [0.717, 1.165) is 5.75 Å². The highest BCUT2D eigenvalue weighted by atomic mass is 35.5. The molecule has 1 amide bonds. The van der Waals surface area contributed by atoms with Crippen LogP contribution in [0.25, 0.3) is 5.69 Å². The molecule has 0 saturated carbocycles. The first-order chi connectivity index (χ1) is 13.6. The van der Waals surface area contributed by atoms with E-state index >= 15 is 0 Å². The molecule has 2 heterocycles. The maximum Gasteiger partial charge on any atom is 0.256 e. The van der Waals surface area contributed by atoms with Crippen molar-refractivity contribution in [2.45, 2.75) is 18.9 Å². The van der Waals surface area contributed by atoms with Crippen molar-refractivity contribution >= 4 is 17.5 Å². The van der Waals surface area contributed by atoms with Gasteiger partial charge in [0.2, 0.25) is 0 Å². The molecule has 1 saturated heterocycles. The molecule has 1 aliphatic rings. The lowest BCUT2D eigenvalue weighted by Gasteiger charge is -2.32. The molecule has 1 fully saturated rings. The lowest BCUT2D eigenvalue weighted by Crippen LogP contribution is -2.42. The van der Waals surface area contributed by atoms with Gasteiger partial charge in [0.05, 0.1) is 23.6 Å². The highest BCUT2D eigenvalue weighted by Crippen LogP contribution is 2.23. The van der Waals surface area contributed by atoms with Crippen LogP contribution in [0.2, 0.25) is 5.02 Å². The zero-order valence-corrected chi connectivity index (χ0v) is 15.7. The summed E-state index contributed by atoms with van der Waals surface area (Å²) in [6.45, 7) is 1.01. The highest BCUT2D eigenvalue weighted by Gasteiger charge is 2.26. The maximum atomic E-state index is 14.3. The maximum absolute atomic E-state index is 14.3. The number of nitrogens with zero attached hydrogens (tertiary/aromatic N) is 4. The van der Waals surface area contributed by atoms with Gasteiger partial charge in [0, 0.05) is 31.0 Å². The van der Waals surface area contributed by atoms with E-state index in [4.69, 9.17) is 16.3 Å². The minimum Gasteiger partial charge on any atom is -0.490 e. The van der Waals surface area contributed by atoms with Crippen molar-refractivity contribution < 1.29 is 13.9 Å². The summed E-state index contributed by atoms with van der Waals surface area (Å²) in [5.41, 5.74) is 0.619. The molecule has 0 unspecified atom stereocenters. The van der Waals surface area contributed by atoms with Gasteiger partial charge in [-0.05, 0) is 42.5 Å². The third-order valence-electron chi connectivity index (χ3n) is 4.71. The fraction of sp³-hybridized carbons (Fsp3) is 0.250. The summed E-state index contributed by atoms with van der Waals surface area (Å²) in [7, 11) is 0. The van der Waals surface area contributed by atoms with E-state index in [1.54, 1.807) is 29.3 Å². The van der Waals surface area contributed by atoms with E-state index in [1.807, 2.05) is 12.1 Å². The largest absolute Gasteiger partial charge is 0.490 e. The summed E-state index contributed by atoms with van der Waals surface area (Å²) in [5.74, 6) is -0.126. The SMILES string of the molecule is O=C(c1cc(-n2ccnn2)ccc1F)N1CCC(Oc2ccc(Cl)cc2)CC1. The summed E-state index contributed by atoms with van der Waals surface area (Å²) in [6.07, 6.45) is 4.53. The van der Waals surface area contributed by atoms with Crippen molar-refractivity contribution in [3.63, 3.8) is 0 Å². The van der Waals surface area contributed by atoms with Gasteiger partial charge in [0.15, 0.2) is 0 Å². The van der Waals surface area contributed by atoms with Gasteiger partial charge in [-0.15, -0.1) is 5.10 Å². The predicted octanol–water partition coefficient (Wildman–Crippen LogP) is 3.74. The molecule has 0 atom stereocenters. The van der Waals surface area contributed by atoms with Crippen LogP contribution in [0.5, 0.6) is 5.75 Å². The minimum atomic E-state index is -0.548. The monoisotopic (exact) mass is 400 g/mol. The molecule has 0 aliphatic carbocycles. The van der Waals surface area contributed by atoms with Crippen molar-refractivity contribution in [3.8, 4) is 11.4 Å². The lowest BCUT2D eigenvalue weighted by atomic mass is 10.1. The number of carbonyl (C=O) groups is 1. The van der Waals surface area contributed by atoms with Crippen LogP contribution in [0.3, 0.4) is 0 Å². The van der Waals surface area contributed by atoms with Crippen molar-refractivity contribution in [2.24, 2.45) is 0 Å². The fourth-order valence-electron chi connectivity index (χ4n) is 3.22. The van der Waals surface area contributed by atoms with Gasteiger partial charge < -0.3 is 9.64 Å². The first-order valence-electron chi connectivity index (χ1n) is 8.98. The lowest BCUT2D eigenvalue weighted by molar-refractivity contribution is 0.0591. The highest BCUT2D eigenvalue weighted by molar-refractivity contribution is 6.30. The molecule has 0 radical (unpaired) electrons. The van der Waals surface area contributed by atoms with Gasteiger partial charge in [-0.1, -0.05) is 16.8 Å². The Morgan fingerprint density at radius 1 is 1.14 bits per heavy atom. The van der Waals surface area contributed by atoms with Crippen molar-refractivity contribution in [1.29, 1.82) is 0 Å². The first kappa shape index (κ1) is 18.4. The van der Waals surface area contributed by atoms with Crippen LogP contribution in [0.4, 0.5) is 4.39 Å². The number of halogens is 2. The van der Waals surface area contributed by atoms with Crippen LogP contribution in [-0.2, 0) is 0 Å². The van der Waals surface area contributed by atoms with Crippen molar-refractivity contribution in [1.82, 2.24) is 19.9 Å². The molecule has 3 aromatic rings. The van der Waals surface area contributed by atoms with E-state index in [2.05, 4.69) is 10.3 Å². The number of rotatable bonds is 4. The van der Waals surface area contributed by atoms with E-state index in [-0.39, 0.29) is 17.6 Å². The minimum absolute atomic E-state index is 0.0107. The summed E-state index contributed by atoms with van der Waals surface area (Å²) >= 11 is 5.88. The normalized spacial score (nSPS) is 14.9. The number of likely N-dealkylation sites (tertiary alicyclic amines) is 1. The molecule has 8 heteroatoms. The summed E-state index contributed by atoms with van der Waals surface area (Å²) in [4.78, 5) is 14.5. The number of hydrogen-bond acceptors (Lipinski definition) is 4. The van der Waals surface area contributed by atoms with E-state index < -0.39 is 5.82 Å². The Kier molecular flexibility index (Phi) is 5.25. The molecule has 28 heavy (non-hydrogen) atoms. The molecule has 0 bridgehead atoms. The average molecular weight is 401 g/mol. The number of carbonyl (C=O) groups excluding carboxylic acids is 1. The second-order valence-corrected chi connectivity index (χ2v) is 7.01. The van der Waals surface area contributed by atoms with Gasteiger partial charge in [0.25, 0.3) is 5.91 Å². The third kappa shape index (κ3) is 3.99. The van der Waals surface area contributed by atoms with Gasteiger partial charge in [0.1, 0.15) is 17.7 Å². The molecule has 2 aromatic carbocycles. The number of ether oxygens (including phenoxy) is 1. The summed E-state index contributed by atoms with van der Waals surface area (Å²) < 4.78 is 21.7. The van der Waals surface area contributed by atoms with Gasteiger partial charge in [-0.2, -0.15) is 0 Å². The van der Waals surface area contributed by atoms with Gasteiger partial charge in [-0.3, -0.25) is 4.79 Å². The van der Waals surface area contributed by atoms with E-state index in [9.17, 15) is 9.18 Å². The Labute approximate surface area is 166 Å². The molecule has 0 spiro atoms. The quantitative estimate of drug-likeness (QED) is 0.669. The van der Waals surface area contributed by atoms with E-state index in [1.165, 1.54) is 23.0 Å². The zero-order chi connectivity index (χ0) is 19.5. The Morgan fingerprint density at radius 2 is 1.89 bits per heavy atom. The Morgan fingerprint density at radius 3 is 2.57 bits per heavy atom. The molecule has 1 aliphatic heterocycles. The Hall–Kier alpha value is -2.93. The van der Waals surface area contributed by atoms with Crippen LogP contribution in [0.15, 0.2) is 54.9 Å². The fourth-order valence-corrected chi connectivity index (χ4v) is 3.34. The Bertz CT molecular complexity index is 955. The number of benzene rings is 2. The van der Waals surface area contributed by atoms with Gasteiger partial charge >= 0.3 is 0 Å². The van der Waals surface area contributed by atoms with Crippen molar-refractivity contribution in [3.05, 3.63) is 71.3 Å². The molecule has 144 valence electrons. The van der Waals surface area contributed by atoms with Crippen LogP contribution in [-0.4, -0.2) is 45.0 Å². The smallest absolute Gasteiger partial charge is 0.256 e. The molecule has 0 N–H and O–H groups in total. The molecular weight excluding hydrogens is 383 g/mol. The topological polar surface area (TPSA) is 60.2 Å². The number of hydrogen-bond donors (Lipinski definition) is 0. The van der Waals surface area contributed by atoms with Crippen molar-refractivity contribution in [2.75, 3.05) is 13.1 Å². The third-order valence-corrected chi connectivity index (χ3v) is 4.96. The van der Waals surface area contributed by atoms with Crippen LogP contribution < -0.4 is 4.74 Å². The standard InChI is InChI=1S/C20H18ClFN4O2/c21-14-1-4-16(5-2-14)28-17-7-10-25(11-8-17)20(27)18-13-15(3-6-19(18)22)26-12-9-23-24-26/h1-6,9,12-13,17H,7-8,10-11H2. The zero-order valence-electron chi connectivity index (χ0n) is 15.0. The molecule has 6 nitrogen and oxygen atoms in total. The van der Waals surface area contributed by atoms with Crippen LogP contribution in [0.1, 0.15) is 23.2 Å². The molecule has 4 rings (SSSR count). The van der Waals surface area contributed by atoms with Crippen LogP contribution >= 0.6 is 11.6 Å². The second-order valence-electron chi connectivity index (χ2n) is 6.58. The number of aromatic nitrogens is 3. The average Bonchev–Trinajstić information content (AvgIpc) is 3.25. The Balaban J connectivity index is 1.41. The molecular formula is C20H18ClFN4O2. The number of amides is 1. The van der Waals surface area contributed by atoms with Crippen LogP contribution in [0, 0.1) is 5.82 Å².